The molecule has 1 unspecified atom stereocenters. The first-order chi connectivity index (χ1) is 11.6. The molecule has 1 aliphatic heterocycles. The molecule has 1 atom stereocenters. The van der Waals surface area contributed by atoms with Gasteiger partial charge in [-0.15, -0.1) is 0 Å². The fourth-order valence-corrected chi connectivity index (χ4v) is 3.02. The van der Waals surface area contributed by atoms with E-state index in [4.69, 9.17) is 9.47 Å². The van der Waals surface area contributed by atoms with Crippen LogP contribution in [0.5, 0.6) is 11.5 Å². The van der Waals surface area contributed by atoms with Crippen LogP contribution in [-0.2, 0) is 0 Å². The molecule has 0 aromatic carbocycles. The van der Waals surface area contributed by atoms with Gasteiger partial charge < -0.3 is 20.1 Å². The number of anilines is 1. The third kappa shape index (κ3) is 4.11. The number of pyridine rings is 2. The maximum absolute atomic E-state index is 5.69. The minimum absolute atomic E-state index is 0.00861. The summed E-state index contributed by atoms with van der Waals surface area (Å²) in [5, 5.41) is 8.76. The zero-order valence-corrected chi connectivity index (χ0v) is 14.6. The molecule has 0 radical (unpaired) electrons. The number of ether oxygens (including phenoxy) is 2. The van der Waals surface area contributed by atoms with Crippen molar-refractivity contribution in [3.8, 4) is 11.5 Å². The summed E-state index contributed by atoms with van der Waals surface area (Å²) in [5.41, 5.74) is 1.83. The Morgan fingerprint density at radius 3 is 2.79 bits per heavy atom. The summed E-state index contributed by atoms with van der Waals surface area (Å²) in [7, 11) is 1.63. The number of hydrogen-bond donors (Lipinski definition) is 2. The molecule has 2 N–H and O–H groups in total. The van der Waals surface area contributed by atoms with E-state index < -0.39 is 0 Å². The number of rotatable bonds is 6. The highest BCUT2D eigenvalue weighted by Gasteiger charge is 2.19. The van der Waals surface area contributed by atoms with Gasteiger partial charge in [-0.1, -0.05) is 11.8 Å². The van der Waals surface area contributed by atoms with Crippen molar-refractivity contribution < 1.29 is 9.47 Å². The van der Waals surface area contributed by atoms with E-state index in [1.165, 1.54) is 0 Å². The molecule has 0 aliphatic carbocycles. The quantitative estimate of drug-likeness (QED) is 0.833. The Balaban J connectivity index is 1.60. The molecule has 126 valence electrons. The molecule has 0 fully saturated rings. The Labute approximate surface area is 145 Å². The summed E-state index contributed by atoms with van der Waals surface area (Å²) in [6.07, 6.45) is 3.57. The van der Waals surface area contributed by atoms with Crippen LogP contribution >= 0.6 is 11.8 Å². The lowest BCUT2D eigenvalue weighted by atomic mass is 10.3. The van der Waals surface area contributed by atoms with Crippen molar-refractivity contribution in [2.45, 2.75) is 25.4 Å². The molecule has 0 saturated heterocycles. The summed E-state index contributed by atoms with van der Waals surface area (Å²) in [5.74, 6) is 2.30. The summed E-state index contributed by atoms with van der Waals surface area (Å²) < 4.78 is 10.8. The smallest absolute Gasteiger partial charge is 0.151 e. The van der Waals surface area contributed by atoms with Gasteiger partial charge in [0, 0.05) is 17.7 Å². The van der Waals surface area contributed by atoms with Crippen LogP contribution in [0, 0.1) is 0 Å². The average Bonchev–Trinajstić information content (AvgIpc) is 3.03. The molecular formula is C17H20N4O2S. The molecule has 0 saturated carbocycles. The second-order valence-corrected chi connectivity index (χ2v) is 6.44. The van der Waals surface area contributed by atoms with E-state index in [9.17, 15) is 0 Å². The lowest BCUT2D eigenvalue weighted by Gasteiger charge is -2.16. The SMILES string of the molecule is COc1ccc(C2=CSC(Nc3cc(OC(C)C)ccn3)N2)nc1. The number of hydrogen-bond acceptors (Lipinski definition) is 7. The van der Waals surface area contributed by atoms with Crippen LogP contribution in [0.15, 0.2) is 42.1 Å². The molecule has 0 amide bonds. The van der Waals surface area contributed by atoms with Crippen molar-refractivity contribution in [3.05, 3.63) is 47.8 Å². The first-order valence-corrected chi connectivity index (χ1v) is 8.60. The van der Waals surface area contributed by atoms with Crippen LogP contribution in [0.25, 0.3) is 5.70 Å². The van der Waals surface area contributed by atoms with Gasteiger partial charge in [0.2, 0.25) is 0 Å². The summed E-state index contributed by atoms with van der Waals surface area (Å²) in [4.78, 5) is 8.72. The van der Waals surface area contributed by atoms with E-state index in [1.807, 2.05) is 43.5 Å². The zero-order chi connectivity index (χ0) is 16.9. The molecule has 2 aromatic heterocycles. The van der Waals surface area contributed by atoms with Gasteiger partial charge in [0.25, 0.3) is 0 Å². The Morgan fingerprint density at radius 2 is 2.08 bits per heavy atom. The predicted molar refractivity (Wildman–Crippen MR) is 96.9 cm³/mol. The molecule has 0 bridgehead atoms. The Kier molecular flexibility index (Phi) is 5.10. The van der Waals surface area contributed by atoms with Crippen LogP contribution in [-0.4, -0.2) is 28.7 Å². The largest absolute Gasteiger partial charge is 0.495 e. The minimum Gasteiger partial charge on any atom is -0.495 e. The molecule has 3 rings (SSSR count). The van der Waals surface area contributed by atoms with E-state index in [0.717, 1.165) is 28.7 Å². The van der Waals surface area contributed by atoms with Gasteiger partial charge in [-0.2, -0.15) is 0 Å². The molecule has 7 heteroatoms. The topological polar surface area (TPSA) is 68.3 Å². The molecule has 1 aliphatic rings. The molecule has 6 nitrogen and oxygen atoms in total. The van der Waals surface area contributed by atoms with Crippen molar-refractivity contribution >= 4 is 23.3 Å². The van der Waals surface area contributed by atoms with E-state index >= 15 is 0 Å². The Hall–Kier alpha value is -2.41. The molecule has 0 spiro atoms. The normalized spacial score (nSPS) is 16.5. The standard InChI is InChI=1S/C17H20N4O2S/c1-11(2)23-12-6-7-18-16(8-12)21-17-20-15(10-24-17)14-5-4-13(22-3)9-19-14/h4-11,17,20H,1-3H3,(H,18,21). The lowest BCUT2D eigenvalue weighted by molar-refractivity contribution is 0.242. The highest BCUT2D eigenvalue weighted by molar-refractivity contribution is 8.03. The first-order valence-electron chi connectivity index (χ1n) is 7.66. The van der Waals surface area contributed by atoms with Gasteiger partial charge in [0.1, 0.15) is 17.3 Å². The van der Waals surface area contributed by atoms with Crippen molar-refractivity contribution in [2.75, 3.05) is 12.4 Å². The van der Waals surface area contributed by atoms with Gasteiger partial charge in [-0.3, -0.25) is 4.98 Å². The maximum Gasteiger partial charge on any atom is 0.151 e. The van der Waals surface area contributed by atoms with Crippen LogP contribution in [0.4, 0.5) is 5.82 Å². The number of aromatic nitrogens is 2. The second-order valence-electron chi connectivity index (χ2n) is 5.46. The molecule has 2 aromatic rings. The van der Waals surface area contributed by atoms with Crippen molar-refractivity contribution in [2.24, 2.45) is 0 Å². The van der Waals surface area contributed by atoms with Crippen molar-refractivity contribution in [3.63, 3.8) is 0 Å². The molecular weight excluding hydrogens is 324 g/mol. The zero-order valence-electron chi connectivity index (χ0n) is 13.8. The van der Waals surface area contributed by atoms with Crippen LogP contribution in [0.2, 0.25) is 0 Å². The second kappa shape index (κ2) is 7.44. The summed E-state index contributed by atoms with van der Waals surface area (Å²) in [6, 6.07) is 7.57. The van der Waals surface area contributed by atoms with E-state index in [-0.39, 0.29) is 11.6 Å². The van der Waals surface area contributed by atoms with Gasteiger partial charge in [-0.25, -0.2) is 4.98 Å². The van der Waals surface area contributed by atoms with Gasteiger partial charge in [0.05, 0.1) is 30.8 Å². The molecule has 3 heterocycles. The average molecular weight is 344 g/mol. The van der Waals surface area contributed by atoms with Gasteiger partial charge in [0.15, 0.2) is 5.50 Å². The fraction of sp³-hybridized carbons (Fsp3) is 0.294. The molecule has 24 heavy (non-hydrogen) atoms. The van der Waals surface area contributed by atoms with Gasteiger partial charge in [-0.05, 0) is 32.0 Å². The first kappa shape index (κ1) is 16.4. The van der Waals surface area contributed by atoms with Crippen molar-refractivity contribution in [1.82, 2.24) is 15.3 Å². The van der Waals surface area contributed by atoms with E-state index in [1.54, 1.807) is 31.3 Å². The van der Waals surface area contributed by atoms with Crippen molar-refractivity contribution in [1.29, 1.82) is 0 Å². The highest BCUT2D eigenvalue weighted by Crippen LogP contribution is 2.28. The van der Waals surface area contributed by atoms with Crippen LogP contribution < -0.4 is 20.1 Å². The Bertz CT molecular complexity index is 719. The van der Waals surface area contributed by atoms with Crippen LogP contribution in [0.1, 0.15) is 19.5 Å². The van der Waals surface area contributed by atoms with E-state index in [0.29, 0.717) is 0 Å². The number of thioether (sulfide) groups is 1. The lowest BCUT2D eigenvalue weighted by Crippen LogP contribution is -2.28. The number of methoxy groups -OCH3 is 1. The van der Waals surface area contributed by atoms with Gasteiger partial charge >= 0.3 is 0 Å². The highest BCUT2D eigenvalue weighted by atomic mass is 32.2. The number of nitrogens with zero attached hydrogens (tertiary/aromatic N) is 2. The third-order valence-electron chi connectivity index (χ3n) is 3.24. The number of nitrogens with one attached hydrogen (secondary N) is 2. The van der Waals surface area contributed by atoms with Crippen LogP contribution in [0.3, 0.4) is 0 Å². The Morgan fingerprint density at radius 1 is 1.21 bits per heavy atom. The minimum atomic E-state index is -0.00861. The van der Waals surface area contributed by atoms with E-state index in [2.05, 4.69) is 20.6 Å². The maximum atomic E-state index is 5.69. The fourth-order valence-electron chi connectivity index (χ4n) is 2.18. The predicted octanol–water partition coefficient (Wildman–Crippen LogP) is 3.30. The monoisotopic (exact) mass is 344 g/mol. The summed E-state index contributed by atoms with van der Waals surface area (Å²) in [6.45, 7) is 4.00. The summed E-state index contributed by atoms with van der Waals surface area (Å²) >= 11 is 1.63. The third-order valence-corrected chi connectivity index (χ3v) is 4.12.